The first-order chi connectivity index (χ1) is 8.06. The number of nitrogens with zero attached hydrogens (tertiary/aromatic N) is 2. The standard InChI is InChI=1S/C13H27N3O/c1-5-16(8-6-7-15(3)4)13(17)12-10-14-9-11(12)2/h11-12,14H,5-10H2,1-4H3/t11-,12-/m1/s1. The minimum Gasteiger partial charge on any atom is -0.343 e. The Labute approximate surface area is 105 Å². The fourth-order valence-corrected chi connectivity index (χ4v) is 2.38. The molecule has 2 atom stereocenters. The fourth-order valence-electron chi connectivity index (χ4n) is 2.38. The van der Waals surface area contributed by atoms with Crippen LogP contribution in [0.15, 0.2) is 0 Å². The van der Waals surface area contributed by atoms with Crippen molar-refractivity contribution in [3.8, 4) is 0 Å². The highest BCUT2D eigenvalue weighted by molar-refractivity contribution is 5.79. The molecule has 0 aliphatic carbocycles. The number of rotatable bonds is 6. The number of hydrogen-bond donors (Lipinski definition) is 1. The zero-order chi connectivity index (χ0) is 12.8. The molecule has 0 unspecified atom stereocenters. The van der Waals surface area contributed by atoms with E-state index >= 15 is 0 Å². The Morgan fingerprint density at radius 2 is 2.00 bits per heavy atom. The first-order valence-corrected chi connectivity index (χ1v) is 6.70. The van der Waals surface area contributed by atoms with Gasteiger partial charge in [0.05, 0.1) is 5.92 Å². The van der Waals surface area contributed by atoms with Gasteiger partial charge in [-0.3, -0.25) is 4.79 Å². The summed E-state index contributed by atoms with van der Waals surface area (Å²) in [5.74, 6) is 1.00. The van der Waals surface area contributed by atoms with Crippen LogP contribution in [0.25, 0.3) is 0 Å². The van der Waals surface area contributed by atoms with Crippen LogP contribution < -0.4 is 5.32 Å². The Kier molecular flexibility index (Phi) is 5.92. The minimum atomic E-state index is 0.189. The van der Waals surface area contributed by atoms with Gasteiger partial charge in [0, 0.05) is 19.6 Å². The lowest BCUT2D eigenvalue weighted by Gasteiger charge is -2.26. The van der Waals surface area contributed by atoms with Crippen LogP contribution in [0.3, 0.4) is 0 Å². The molecular weight excluding hydrogens is 214 g/mol. The topological polar surface area (TPSA) is 35.6 Å². The Bertz CT molecular complexity index is 243. The molecule has 1 N–H and O–H groups in total. The van der Waals surface area contributed by atoms with E-state index < -0.39 is 0 Å². The minimum absolute atomic E-state index is 0.189. The zero-order valence-electron chi connectivity index (χ0n) is 11.7. The number of carbonyl (C=O) groups excluding carboxylic acids is 1. The van der Waals surface area contributed by atoms with Gasteiger partial charge in [0.2, 0.25) is 5.91 Å². The van der Waals surface area contributed by atoms with Crippen LogP contribution in [-0.4, -0.2) is 62.5 Å². The molecule has 4 nitrogen and oxygen atoms in total. The molecule has 1 fully saturated rings. The van der Waals surface area contributed by atoms with Crippen molar-refractivity contribution in [2.75, 3.05) is 46.8 Å². The number of carbonyl (C=O) groups is 1. The summed E-state index contributed by atoms with van der Waals surface area (Å²) in [6.45, 7) is 8.82. The summed E-state index contributed by atoms with van der Waals surface area (Å²) >= 11 is 0. The molecule has 0 aromatic heterocycles. The van der Waals surface area contributed by atoms with E-state index in [-0.39, 0.29) is 5.92 Å². The molecule has 0 bridgehead atoms. The second-order valence-corrected chi connectivity index (χ2v) is 5.32. The van der Waals surface area contributed by atoms with Crippen LogP contribution in [0, 0.1) is 11.8 Å². The molecule has 1 heterocycles. The van der Waals surface area contributed by atoms with Crippen LogP contribution in [0.2, 0.25) is 0 Å². The monoisotopic (exact) mass is 241 g/mol. The van der Waals surface area contributed by atoms with Gasteiger partial charge in [0.1, 0.15) is 0 Å². The predicted molar refractivity (Wildman–Crippen MR) is 70.9 cm³/mol. The van der Waals surface area contributed by atoms with Crippen molar-refractivity contribution >= 4 is 5.91 Å². The number of hydrogen-bond acceptors (Lipinski definition) is 3. The van der Waals surface area contributed by atoms with Crippen LogP contribution in [0.4, 0.5) is 0 Å². The highest BCUT2D eigenvalue weighted by Gasteiger charge is 2.31. The molecule has 0 aromatic carbocycles. The quantitative estimate of drug-likeness (QED) is 0.741. The second kappa shape index (κ2) is 6.97. The first kappa shape index (κ1) is 14.5. The third kappa shape index (κ3) is 4.28. The molecule has 100 valence electrons. The van der Waals surface area contributed by atoms with Gasteiger partial charge in [-0.1, -0.05) is 6.92 Å². The van der Waals surface area contributed by atoms with E-state index in [2.05, 4.69) is 38.2 Å². The maximum atomic E-state index is 12.3. The van der Waals surface area contributed by atoms with Crippen molar-refractivity contribution in [1.82, 2.24) is 15.1 Å². The van der Waals surface area contributed by atoms with Gasteiger partial charge in [-0.15, -0.1) is 0 Å². The number of nitrogens with one attached hydrogen (secondary N) is 1. The van der Waals surface area contributed by atoms with Gasteiger partial charge in [-0.25, -0.2) is 0 Å². The Morgan fingerprint density at radius 1 is 1.29 bits per heavy atom. The van der Waals surface area contributed by atoms with E-state index in [9.17, 15) is 4.79 Å². The molecule has 1 aliphatic heterocycles. The summed E-state index contributed by atoms with van der Waals surface area (Å²) in [6.07, 6.45) is 1.06. The van der Waals surface area contributed by atoms with Crippen molar-refractivity contribution < 1.29 is 4.79 Å². The summed E-state index contributed by atoms with van der Waals surface area (Å²) in [7, 11) is 4.14. The average Bonchev–Trinajstić information content (AvgIpc) is 2.69. The van der Waals surface area contributed by atoms with E-state index in [4.69, 9.17) is 0 Å². The highest BCUT2D eigenvalue weighted by Crippen LogP contribution is 2.18. The molecule has 0 spiro atoms. The summed E-state index contributed by atoms with van der Waals surface area (Å²) in [5.41, 5.74) is 0. The Morgan fingerprint density at radius 3 is 2.47 bits per heavy atom. The first-order valence-electron chi connectivity index (χ1n) is 6.70. The van der Waals surface area contributed by atoms with Crippen molar-refractivity contribution in [2.24, 2.45) is 11.8 Å². The van der Waals surface area contributed by atoms with Crippen molar-refractivity contribution in [3.05, 3.63) is 0 Å². The zero-order valence-corrected chi connectivity index (χ0v) is 11.7. The maximum absolute atomic E-state index is 12.3. The van der Waals surface area contributed by atoms with Gasteiger partial charge in [0.15, 0.2) is 0 Å². The predicted octanol–water partition coefficient (Wildman–Crippen LogP) is 0.642. The summed E-state index contributed by atoms with van der Waals surface area (Å²) < 4.78 is 0. The van der Waals surface area contributed by atoms with E-state index in [0.29, 0.717) is 11.8 Å². The van der Waals surface area contributed by atoms with Gasteiger partial charge in [-0.05, 0) is 46.4 Å². The van der Waals surface area contributed by atoms with Crippen LogP contribution in [-0.2, 0) is 4.79 Å². The average molecular weight is 241 g/mol. The second-order valence-electron chi connectivity index (χ2n) is 5.32. The van der Waals surface area contributed by atoms with Crippen molar-refractivity contribution in [3.63, 3.8) is 0 Å². The lowest BCUT2D eigenvalue weighted by Crippen LogP contribution is -2.40. The van der Waals surface area contributed by atoms with Gasteiger partial charge < -0.3 is 15.1 Å². The largest absolute Gasteiger partial charge is 0.343 e. The van der Waals surface area contributed by atoms with E-state index in [1.807, 2.05) is 4.90 Å². The normalized spacial score (nSPS) is 24.3. The number of amides is 1. The van der Waals surface area contributed by atoms with Crippen LogP contribution in [0.1, 0.15) is 20.3 Å². The molecule has 0 saturated carbocycles. The summed E-state index contributed by atoms with van der Waals surface area (Å²) in [4.78, 5) is 16.5. The summed E-state index contributed by atoms with van der Waals surface area (Å²) in [5, 5.41) is 3.30. The maximum Gasteiger partial charge on any atom is 0.227 e. The van der Waals surface area contributed by atoms with Gasteiger partial charge in [0.25, 0.3) is 0 Å². The molecular formula is C13H27N3O. The Balaban J connectivity index is 2.40. The molecule has 0 radical (unpaired) electrons. The van der Waals surface area contributed by atoms with E-state index in [0.717, 1.165) is 39.1 Å². The van der Waals surface area contributed by atoms with Crippen molar-refractivity contribution in [2.45, 2.75) is 20.3 Å². The SMILES string of the molecule is CCN(CCCN(C)C)C(=O)[C@@H]1CNC[C@H]1C. The molecule has 1 aliphatic rings. The lowest BCUT2D eigenvalue weighted by atomic mass is 9.96. The third-order valence-corrected chi connectivity index (χ3v) is 3.56. The van der Waals surface area contributed by atoms with E-state index in [1.54, 1.807) is 0 Å². The molecule has 0 aromatic rings. The molecule has 1 rings (SSSR count). The van der Waals surface area contributed by atoms with Crippen LogP contribution >= 0.6 is 0 Å². The molecule has 1 amide bonds. The Hall–Kier alpha value is -0.610. The van der Waals surface area contributed by atoms with Gasteiger partial charge >= 0.3 is 0 Å². The third-order valence-electron chi connectivity index (χ3n) is 3.56. The molecule has 4 heteroatoms. The smallest absolute Gasteiger partial charge is 0.227 e. The highest BCUT2D eigenvalue weighted by atomic mass is 16.2. The van der Waals surface area contributed by atoms with Crippen molar-refractivity contribution in [1.29, 1.82) is 0 Å². The van der Waals surface area contributed by atoms with E-state index in [1.165, 1.54) is 0 Å². The molecule has 17 heavy (non-hydrogen) atoms. The molecule has 1 saturated heterocycles. The summed E-state index contributed by atoms with van der Waals surface area (Å²) in [6, 6.07) is 0. The fraction of sp³-hybridized carbons (Fsp3) is 0.923. The van der Waals surface area contributed by atoms with Gasteiger partial charge in [-0.2, -0.15) is 0 Å². The lowest BCUT2D eigenvalue weighted by molar-refractivity contribution is -0.135. The van der Waals surface area contributed by atoms with Crippen LogP contribution in [0.5, 0.6) is 0 Å².